The summed E-state index contributed by atoms with van der Waals surface area (Å²) in [5, 5.41) is 6.40. The number of hydrogen-bond donors (Lipinski definition) is 2. The highest BCUT2D eigenvalue weighted by atomic mass is 19.3. The first kappa shape index (κ1) is 33.9. The van der Waals surface area contributed by atoms with Crippen LogP contribution in [-0.4, -0.2) is 85.7 Å². The van der Waals surface area contributed by atoms with Gasteiger partial charge in [0.05, 0.1) is 12.1 Å². The molecule has 5 rings (SSSR count). The lowest BCUT2D eigenvalue weighted by atomic mass is 9.89. The highest BCUT2D eigenvalue weighted by Crippen LogP contribution is 2.32. The minimum atomic E-state index is -4.02. The summed E-state index contributed by atoms with van der Waals surface area (Å²) in [6.07, 6.45) is 1.54. The molecule has 0 saturated carbocycles. The number of carbonyl (C=O) groups excluding carboxylic acids is 2. The number of amides is 2. The fraction of sp³-hybridized carbons (Fsp3) is 0.382. The van der Waals surface area contributed by atoms with E-state index in [1.807, 2.05) is 42.5 Å². The highest BCUT2D eigenvalue weighted by Gasteiger charge is 2.42. The van der Waals surface area contributed by atoms with Crippen LogP contribution >= 0.6 is 0 Å². The van der Waals surface area contributed by atoms with Crippen LogP contribution in [0.15, 0.2) is 73.1 Å². The van der Waals surface area contributed by atoms with Crippen LogP contribution in [0, 0.1) is 0 Å². The van der Waals surface area contributed by atoms with Crippen LogP contribution < -0.4 is 15.5 Å². The van der Waals surface area contributed by atoms with Crippen LogP contribution in [0.3, 0.4) is 0 Å². The molecule has 1 fully saturated rings. The number of methoxy groups -OCH3 is 1. The molecule has 3 heterocycles. The zero-order chi connectivity index (χ0) is 33.6. The predicted octanol–water partition coefficient (Wildman–Crippen LogP) is 6.73. The molecule has 0 radical (unpaired) electrons. The molecule has 2 aromatic carbocycles. The summed E-state index contributed by atoms with van der Waals surface area (Å²) in [6, 6.07) is 18.3. The second kappa shape index (κ2) is 14.9. The fourth-order valence-corrected chi connectivity index (χ4v) is 5.91. The minimum Gasteiger partial charge on any atom is -0.385 e. The average molecular weight is 655 g/mol. The molecule has 1 aliphatic rings. The molecule has 47 heavy (non-hydrogen) atoms. The lowest BCUT2D eigenvalue weighted by Crippen LogP contribution is -2.44. The summed E-state index contributed by atoms with van der Waals surface area (Å²) >= 11 is 0. The maximum absolute atomic E-state index is 13.5. The molecule has 0 unspecified atom stereocenters. The van der Waals surface area contributed by atoms with Crippen LogP contribution in [0.2, 0.25) is 0 Å². The number of piperidine rings is 1. The predicted molar refractivity (Wildman–Crippen MR) is 173 cm³/mol. The number of carbonyl (C=O) groups is 2. The number of pyridine rings is 1. The molecule has 4 aromatic rings. The summed E-state index contributed by atoms with van der Waals surface area (Å²) in [7, 11) is 3.23. The van der Waals surface area contributed by atoms with Crippen LogP contribution in [-0.2, 0) is 4.74 Å². The maximum atomic E-state index is 13.5. The summed E-state index contributed by atoms with van der Waals surface area (Å²) in [6.45, 7) is 0.845. The molecule has 0 aliphatic carbocycles. The number of anilines is 3. The van der Waals surface area contributed by atoms with Gasteiger partial charge in [0.1, 0.15) is 5.82 Å². The number of nitrogens with one attached hydrogen (secondary N) is 2. The topological polar surface area (TPSA) is 91.7 Å². The Balaban J connectivity index is 1.26. The summed E-state index contributed by atoms with van der Waals surface area (Å²) in [4.78, 5) is 33.2. The first-order chi connectivity index (χ1) is 22.6. The Hall–Kier alpha value is -4.49. The van der Waals surface area contributed by atoms with Crippen molar-refractivity contribution in [1.82, 2.24) is 19.8 Å². The van der Waals surface area contributed by atoms with Crippen LogP contribution in [0.1, 0.15) is 41.1 Å². The standard InChI is InChI=1S/C34H38F4N6O3/c1-39-33(46)44-18-13-26-20-27(8-9-29(26)44)43(15-3-19-47-2)28-10-14-40-30(21-28)41-31(45)25-6-4-23(5-7-25)24-11-16-42(17-12-24)22-34(37,38)32(35)36/h4-10,13-14,18,20-21,24,32H,3,11-12,15-17,19,22H2,1-2H3,(H,39,46)(H,40,41,45). The van der Waals surface area contributed by atoms with Gasteiger partial charge >= 0.3 is 18.4 Å². The van der Waals surface area contributed by atoms with E-state index < -0.39 is 18.9 Å². The first-order valence-electron chi connectivity index (χ1n) is 15.4. The van der Waals surface area contributed by atoms with Crippen molar-refractivity contribution in [1.29, 1.82) is 0 Å². The van der Waals surface area contributed by atoms with E-state index in [9.17, 15) is 27.2 Å². The lowest BCUT2D eigenvalue weighted by molar-refractivity contribution is -0.143. The number of ether oxygens (including phenoxy) is 1. The van der Waals surface area contributed by atoms with E-state index in [0.717, 1.165) is 34.3 Å². The van der Waals surface area contributed by atoms with Crippen molar-refractivity contribution < 1.29 is 31.9 Å². The molecule has 2 amide bonds. The van der Waals surface area contributed by atoms with Gasteiger partial charge in [-0.3, -0.25) is 14.3 Å². The number of hydrogen-bond acceptors (Lipinski definition) is 6. The monoisotopic (exact) mass is 654 g/mol. The third-order valence-corrected chi connectivity index (χ3v) is 8.43. The number of alkyl halides is 4. The van der Waals surface area contributed by atoms with Crippen molar-refractivity contribution in [2.75, 3.05) is 57.2 Å². The quantitative estimate of drug-likeness (QED) is 0.130. The van der Waals surface area contributed by atoms with Gasteiger partial charge < -0.3 is 20.3 Å². The third-order valence-electron chi connectivity index (χ3n) is 8.43. The molecule has 2 N–H and O–H groups in total. The summed E-state index contributed by atoms with van der Waals surface area (Å²) < 4.78 is 58.9. The van der Waals surface area contributed by atoms with Gasteiger partial charge in [0, 0.05) is 68.1 Å². The molecule has 0 spiro atoms. The van der Waals surface area contributed by atoms with E-state index in [-0.39, 0.29) is 17.9 Å². The van der Waals surface area contributed by atoms with E-state index in [4.69, 9.17) is 4.74 Å². The molecule has 1 aliphatic heterocycles. The van der Waals surface area contributed by atoms with Crippen molar-refractivity contribution in [3.8, 4) is 0 Å². The fourth-order valence-electron chi connectivity index (χ4n) is 5.91. The molecular formula is C34H38F4N6O3. The molecule has 9 nitrogen and oxygen atoms in total. The van der Waals surface area contributed by atoms with Gasteiger partial charge in [0.15, 0.2) is 0 Å². The largest absolute Gasteiger partial charge is 0.385 e. The van der Waals surface area contributed by atoms with Crippen molar-refractivity contribution in [2.24, 2.45) is 0 Å². The number of aromatic nitrogens is 2. The Morgan fingerprint density at radius 1 is 1.04 bits per heavy atom. The number of benzene rings is 2. The van der Waals surface area contributed by atoms with Crippen molar-refractivity contribution in [2.45, 2.75) is 37.5 Å². The van der Waals surface area contributed by atoms with Gasteiger partial charge in [-0.1, -0.05) is 12.1 Å². The van der Waals surface area contributed by atoms with Crippen LogP contribution in [0.25, 0.3) is 10.9 Å². The van der Waals surface area contributed by atoms with Gasteiger partial charge in [-0.05, 0) is 86.3 Å². The Morgan fingerprint density at radius 3 is 2.45 bits per heavy atom. The molecule has 0 bridgehead atoms. The van der Waals surface area contributed by atoms with Crippen molar-refractivity contribution in [3.05, 3.63) is 84.2 Å². The number of fused-ring (bicyclic) bond motifs is 1. The van der Waals surface area contributed by atoms with Gasteiger partial charge in [-0.15, -0.1) is 0 Å². The summed E-state index contributed by atoms with van der Waals surface area (Å²) in [5.41, 5.74) is 3.88. The first-order valence-corrected chi connectivity index (χ1v) is 15.4. The average Bonchev–Trinajstić information content (AvgIpc) is 3.50. The van der Waals surface area contributed by atoms with Crippen LogP contribution in [0.4, 0.5) is 39.5 Å². The zero-order valence-electron chi connectivity index (χ0n) is 26.3. The molecule has 0 atom stereocenters. The molecular weight excluding hydrogens is 616 g/mol. The van der Waals surface area contributed by atoms with E-state index >= 15 is 0 Å². The molecule has 2 aromatic heterocycles. The molecule has 13 heteroatoms. The number of rotatable bonds is 12. The molecule has 250 valence electrons. The van der Waals surface area contributed by atoms with Crippen LogP contribution in [0.5, 0.6) is 0 Å². The Bertz CT molecular complexity index is 1670. The van der Waals surface area contributed by atoms with Crippen molar-refractivity contribution in [3.63, 3.8) is 0 Å². The van der Waals surface area contributed by atoms with E-state index in [1.165, 1.54) is 4.90 Å². The van der Waals surface area contributed by atoms with Gasteiger partial charge in [0.2, 0.25) is 0 Å². The Labute approximate surface area is 270 Å². The maximum Gasteiger partial charge on any atom is 0.325 e. The third kappa shape index (κ3) is 8.09. The van der Waals surface area contributed by atoms with E-state index in [1.54, 1.807) is 49.3 Å². The number of halogens is 4. The van der Waals surface area contributed by atoms with Crippen molar-refractivity contribution >= 4 is 40.0 Å². The van der Waals surface area contributed by atoms with E-state index in [0.29, 0.717) is 50.5 Å². The second-order valence-corrected chi connectivity index (χ2v) is 11.6. The van der Waals surface area contributed by atoms with E-state index in [2.05, 4.69) is 20.5 Å². The number of nitrogens with zero attached hydrogens (tertiary/aromatic N) is 4. The van der Waals surface area contributed by atoms with Gasteiger partial charge in [-0.25, -0.2) is 18.6 Å². The minimum absolute atomic E-state index is 0.0903. The highest BCUT2D eigenvalue weighted by molar-refractivity contribution is 6.04. The normalized spacial score (nSPS) is 14.4. The second-order valence-electron chi connectivity index (χ2n) is 11.6. The van der Waals surface area contributed by atoms with Gasteiger partial charge in [0.25, 0.3) is 5.91 Å². The number of likely N-dealkylation sites (tertiary alicyclic amines) is 1. The Kier molecular flexibility index (Phi) is 10.8. The smallest absolute Gasteiger partial charge is 0.325 e. The Morgan fingerprint density at radius 2 is 1.77 bits per heavy atom. The summed E-state index contributed by atoms with van der Waals surface area (Å²) in [5.74, 6) is -3.90. The SMILES string of the molecule is CNC(=O)n1ccc2cc(N(CCCOC)c3ccnc(NC(=O)c4ccc(C5CCN(CC(F)(F)C(F)F)CC5)cc4)c3)ccc21. The molecule has 1 saturated heterocycles. The zero-order valence-corrected chi connectivity index (χ0v) is 26.3. The van der Waals surface area contributed by atoms with Gasteiger partial charge in [-0.2, -0.15) is 8.78 Å². The lowest BCUT2D eigenvalue weighted by Gasteiger charge is -2.34.